The molecule has 2 aliphatic rings. The highest BCUT2D eigenvalue weighted by Gasteiger charge is 2.60. The van der Waals surface area contributed by atoms with Gasteiger partial charge in [0.25, 0.3) is 0 Å². The zero-order valence-corrected chi connectivity index (χ0v) is 13.3. The summed E-state index contributed by atoms with van der Waals surface area (Å²) in [6.07, 6.45) is 3.37. The third-order valence-corrected chi connectivity index (χ3v) is 6.04. The first-order valence-corrected chi connectivity index (χ1v) is 7.70. The summed E-state index contributed by atoms with van der Waals surface area (Å²) in [6.45, 7) is 8.88. The fourth-order valence-electron chi connectivity index (χ4n) is 3.91. The maximum Gasteiger partial charge on any atom is 0.365 e. The maximum atomic E-state index is 12.1. The van der Waals surface area contributed by atoms with Crippen molar-refractivity contribution in [1.29, 1.82) is 0 Å². The molecule has 0 unspecified atom stereocenters. The van der Waals surface area contributed by atoms with E-state index in [0.717, 1.165) is 24.1 Å². The third-order valence-electron chi connectivity index (χ3n) is 6.04. The van der Waals surface area contributed by atoms with Crippen molar-refractivity contribution >= 4 is 11.7 Å². The van der Waals surface area contributed by atoms with Gasteiger partial charge in [-0.15, -0.1) is 0 Å². The Bertz CT molecular complexity index is 600. The number of nitrogens with zero attached hydrogens (tertiary/aromatic N) is 1. The van der Waals surface area contributed by atoms with Crippen molar-refractivity contribution in [3.63, 3.8) is 0 Å². The molecule has 0 N–H and O–H groups in total. The fraction of sp³-hybridized carbons (Fsp3) is 0.556. The minimum atomic E-state index is -0.369. The Labute approximate surface area is 126 Å². The van der Waals surface area contributed by atoms with Crippen LogP contribution in [0.3, 0.4) is 0 Å². The molecule has 0 radical (unpaired) electrons. The Morgan fingerprint density at radius 1 is 1.24 bits per heavy atom. The van der Waals surface area contributed by atoms with Gasteiger partial charge in [-0.25, -0.2) is 4.79 Å². The minimum absolute atomic E-state index is 0.0746. The lowest BCUT2D eigenvalue weighted by Crippen LogP contribution is -2.32. The van der Waals surface area contributed by atoms with Crippen LogP contribution in [0.1, 0.15) is 56.0 Å². The van der Waals surface area contributed by atoms with Crippen LogP contribution in [0, 0.1) is 23.7 Å². The molecule has 0 spiro atoms. The highest BCUT2D eigenvalue weighted by molar-refractivity contribution is 5.95. The number of fused-ring (bicyclic) bond motifs is 2. The number of hydrogen-bond acceptors (Lipinski definition) is 3. The van der Waals surface area contributed by atoms with E-state index in [1.54, 1.807) is 12.1 Å². The first-order valence-electron chi connectivity index (χ1n) is 7.70. The molecule has 2 fully saturated rings. The smallest absolute Gasteiger partial charge is 0.313 e. The topological polar surface area (TPSA) is 38.7 Å². The van der Waals surface area contributed by atoms with Crippen LogP contribution in [0.2, 0.25) is 0 Å². The van der Waals surface area contributed by atoms with Gasteiger partial charge in [-0.05, 0) is 49.7 Å². The summed E-state index contributed by atoms with van der Waals surface area (Å²) in [7, 11) is 0. The number of aryl methyl sites for hydroxylation is 1. The molecule has 21 heavy (non-hydrogen) atoms. The van der Waals surface area contributed by atoms with Crippen LogP contribution < -0.4 is 0 Å². The summed E-state index contributed by atoms with van der Waals surface area (Å²) in [5.74, 6) is 0.297. The largest absolute Gasteiger partial charge is 0.365 e. The molecule has 2 saturated carbocycles. The molecule has 2 bridgehead atoms. The Hall–Kier alpha value is -1.64. The van der Waals surface area contributed by atoms with Gasteiger partial charge in [-0.2, -0.15) is 0 Å². The van der Waals surface area contributed by atoms with Gasteiger partial charge in [0.05, 0.1) is 11.3 Å². The molecule has 0 aliphatic heterocycles. The van der Waals surface area contributed by atoms with Gasteiger partial charge in [0.2, 0.25) is 0 Å². The Balaban J connectivity index is 1.76. The number of benzene rings is 1. The molecule has 2 atom stereocenters. The van der Waals surface area contributed by atoms with Crippen LogP contribution in [-0.2, 0) is 4.84 Å². The van der Waals surface area contributed by atoms with Crippen LogP contribution in [0.4, 0.5) is 0 Å². The second-order valence-electron chi connectivity index (χ2n) is 7.28. The van der Waals surface area contributed by atoms with E-state index in [4.69, 9.17) is 4.84 Å². The van der Waals surface area contributed by atoms with Crippen molar-refractivity contribution in [2.75, 3.05) is 0 Å². The second-order valence-corrected chi connectivity index (χ2v) is 7.28. The molecule has 0 aromatic heterocycles. The van der Waals surface area contributed by atoms with E-state index >= 15 is 0 Å². The van der Waals surface area contributed by atoms with Gasteiger partial charge >= 0.3 is 5.97 Å². The molecule has 3 rings (SSSR count). The van der Waals surface area contributed by atoms with E-state index in [1.165, 1.54) is 6.42 Å². The van der Waals surface area contributed by atoms with Gasteiger partial charge < -0.3 is 4.84 Å². The number of carbonyl (C=O) groups is 1. The molecule has 1 aromatic rings. The monoisotopic (exact) mass is 285 g/mol. The van der Waals surface area contributed by atoms with Crippen LogP contribution in [0.25, 0.3) is 0 Å². The first-order chi connectivity index (χ1) is 9.84. The number of carbonyl (C=O) groups excluding carboxylic acids is 1. The highest BCUT2D eigenvalue weighted by atomic mass is 16.7. The number of hydrogen-bond donors (Lipinski definition) is 0. The van der Waals surface area contributed by atoms with E-state index in [1.807, 2.05) is 19.1 Å². The van der Waals surface area contributed by atoms with Crippen molar-refractivity contribution in [3.05, 3.63) is 35.4 Å². The van der Waals surface area contributed by atoms with Gasteiger partial charge in [0.1, 0.15) is 0 Å². The van der Waals surface area contributed by atoms with Crippen molar-refractivity contribution < 1.29 is 9.63 Å². The van der Waals surface area contributed by atoms with Crippen molar-refractivity contribution in [2.45, 2.75) is 47.0 Å². The fourth-order valence-corrected chi connectivity index (χ4v) is 3.91. The summed E-state index contributed by atoms with van der Waals surface area (Å²) in [5.41, 5.74) is 3.06. The lowest BCUT2D eigenvalue weighted by atomic mass is 9.70. The minimum Gasteiger partial charge on any atom is -0.313 e. The predicted octanol–water partition coefficient (Wildman–Crippen LogP) is 4.35. The van der Waals surface area contributed by atoms with Crippen molar-refractivity contribution in [3.8, 4) is 0 Å². The number of rotatable bonds is 2. The lowest BCUT2D eigenvalue weighted by Gasteiger charge is -2.34. The molecule has 2 aliphatic carbocycles. The Kier molecular flexibility index (Phi) is 3.19. The van der Waals surface area contributed by atoms with E-state index in [9.17, 15) is 4.79 Å². The zero-order chi connectivity index (χ0) is 15.3. The molecule has 0 heterocycles. The summed E-state index contributed by atoms with van der Waals surface area (Å²) in [4.78, 5) is 17.3. The van der Waals surface area contributed by atoms with Gasteiger partial charge in [0.15, 0.2) is 0 Å². The van der Waals surface area contributed by atoms with E-state index in [0.29, 0.717) is 11.5 Å². The van der Waals surface area contributed by atoms with Crippen molar-refractivity contribution in [1.82, 2.24) is 0 Å². The van der Waals surface area contributed by atoms with Crippen molar-refractivity contribution in [2.24, 2.45) is 21.9 Å². The molecule has 3 nitrogen and oxygen atoms in total. The lowest BCUT2D eigenvalue weighted by molar-refractivity contribution is 0.0508. The summed E-state index contributed by atoms with van der Waals surface area (Å²) in [6, 6.07) is 7.38. The molecule has 1 aromatic carbocycles. The Morgan fingerprint density at radius 2 is 1.90 bits per heavy atom. The van der Waals surface area contributed by atoms with Gasteiger partial charge in [-0.1, -0.05) is 43.6 Å². The summed E-state index contributed by atoms with van der Waals surface area (Å²) >= 11 is 0. The average Bonchev–Trinajstić information content (AvgIpc) is 2.78. The van der Waals surface area contributed by atoms with E-state index < -0.39 is 0 Å². The summed E-state index contributed by atoms with van der Waals surface area (Å²) in [5, 5.41) is 4.24. The molecular weight excluding hydrogens is 262 g/mol. The van der Waals surface area contributed by atoms with E-state index in [-0.39, 0.29) is 16.8 Å². The zero-order valence-electron chi connectivity index (χ0n) is 13.3. The summed E-state index contributed by atoms with van der Waals surface area (Å²) < 4.78 is 0. The SMILES string of the molecule is Cc1ccc(C(=O)O/N=C2/C[C@H]3CC[C@]2(C)C3(C)C)cc1. The molecule has 0 saturated heterocycles. The van der Waals surface area contributed by atoms with Crippen LogP contribution in [-0.4, -0.2) is 11.7 Å². The third kappa shape index (κ3) is 2.10. The predicted molar refractivity (Wildman–Crippen MR) is 83.3 cm³/mol. The maximum absolute atomic E-state index is 12.1. The number of oxime groups is 1. The normalized spacial score (nSPS) is 31.6. The van der Waals surface area contributed by atoms with Gasteiger partial charge in [0, 0.05) is 5.41 Å². The first kappa shape index (κ1) is 14.3. The van der Waals surface area contributed by atoms with Crippen LogP contribution >= 0.6 is 0 Å². The molecular formula is C18H23NO2. The molecule has 3 heteroatoms. The van der Waals surface area contributed by atoms with Gasteiger partial charge in [-0.3, -0.25) is 0 Å². The van der Waals surface area contributed by atoms with Crippen LogP contribution in [0.5, 0.6) is 0 Å². The average molecular weight is 285 g/mol. The molecule has 112 valence electrons. The highest BCUT2D eigenvalue weighted by Crippen LogP contribution is 2.63. The standard InChI is InChI=1S/C18H23NO2/c1-12-5-7-13(8-6-12)16(20)21-19-15-11-14-9-10-18(15,4)17(14,2)3/h5-8,14H,9-11H2,1-4H3/b19-15-/t14-,18+/m1/s1. The molecule has 0 amide bonds. The quantitative estimate of drug-likeness (QED) is 0.598. The Morgan fingerprint density at radius 3 is 2.43 bits per heavy atom. The van der Waals surface area contributed by atoms with E-state index in [2.05, 4.69) is 25.9 Å². The second kappa shape index (κ2) is 4.69. The van der Waals surface area contributed by atoms with Crippen LogP contribution in [0.15, 0.2) is 29.4 Å².